The molecule has 0 bridgehead atoms. The largest absolute Gasteiger partial charge is 0.486 e. The molecule has 6 rings (SSSR count). The highest BCUT2D eigenvalue weighted by Crippen LogP contribution is 2.41. The number of carbonyl (C=O) groups excluding carboxylic acids is 1. The van der Waals surface area contributed by atoms with Crippen LogP contribution in [-0.4, -0.2) is 90.0 Å². The average Bonchev–Trinajstić information content (AvgIpc) is 3.23. The number of morpholine rings is 1. The minimum Gasteiger partial charge on any atom is -0.486 e. The van der Waals surface area contributed by atoms with Crippen LogP contribution in [0.3, 0.4) is 0 Å². The van der Waals surface area contributed by atoms with Crippen molar-refractivity contribution in [1.82, 2.24) is 19.8 Å². The van der Waals surface area contributed by atoms with Crippen molar-refractivity contribution in [3.63, 3.8) is 0 Å². The summed E-state index contributed by atoms with van der Waals surface area (Å²) in [5.74, 6) is 3.04. The highest BCUT2D eigenvalue weighted by atomic mass is 16.6. The van der Waals surface area contributed by atoms with Crippen molar-refractivity contribution in [2.24, 2.45) is 0 Å². The third-order valence-corrected chi connectivity index (χ3v) is 7.87. The number of hydrogen-bond acceptors (Lipinski definition) is 9. The Bertz CT molecular complexity index is 1200. The van der Waals surface area contributed by atoms with Crippen LogP contribution in [0.15, 0.2) is 18.5 Å². The van der Waals surface area contributed by atoms with E-state index >= 15 is 0 Å². The number of benzene rings is 1. The highest BCUT2D eigenvalue weighted by molar-refractivity contribution is 5.73. The lowest BCUT2D eigenvalue weighted by molar-refractivity contribution is -0.0114. The zero-order valence-electron chi connectivity index (χ0n) is 22.8. The number of fused-ring (bicyclic) bond motifs is 2. The maximum Gasteiger partial charge on any atom is 0.410 e. The molecule has 10 nitrogen and oxygen atoms in total. The van der Waals surface area contributed by atoms with E-state index in [0.717, 1.165) is 79.9 Å². The Kier molecular flexibility index (Phi) is 6.55. The van der Waals surface area contributed by atoms with Crippen LogP contribution in [0.1, 0.15) is 49.8 Å². The predicted molar refractivity (Wildman–Crippen MR) is 144 cm³/mol. The number of aromatic nitrogens is 2. The Morgan fingerprint density at radius 1 is 1.11 bits per heavy atom. The highest BCUT2D eigenvalue weighted by Gasteiger charge is 2.40. The summed E-state index contributed by atoms with van der Waals surface area (Å²) in [5, 5.41) is 3.57. The number of hydrogen-bond donors (Lipinski definition) is 1. The van der Waals surface area contributed by atoms with Gasteiger partial charge in [0, 0.05) is 38.8 Å². The Hall–Kier alpha value is -3.11. The number of rotatable bonds is 3. The summed E-state index contributed by atoms with van der Waals surface area (Å²) in [6.07, 6.45) is 2.52. The average molecular weight is 523 g/mol. The van der Waals surface area contributed by atoms with Crippen LogP contribution >= 0.6 is 0 Å². The van der Waals surface area contributed by atoms with Crippen molar-refractivity contribution in [2.45, 2.75) is 58.3 Å². The standard InChI is InChI=1S/C28H38N6O4/c1-18-11-20(19-5-6-33(13-19)21-14-34(15-21)27(35)38-28(2,3)4)12-23-24(18)37-16-22-25(31-23)29-17-30-26(22)32-7-9-36-10-8-32/h11-12,17,19,21H,5-10,13-16H2,1-4H3,(H,29,30,31)/t19-/m0/s1. The van der Waals surface area contributed by atoms with Crippen molar-refractivity contribution < 1.29 is 19.0 Å². The summed E-state index contributed by atoms with van der Waals surface area (Å²) in [5.41, 5.74) is 3.92. The fraction of sp³-hybridized carbons (Fsp3) is 0.607. The molecule has 1 aromatic carbocycles. The second-order valence-electron chi connectivity index (χ2n) is 11.8. The first-order chi connectivity index (χ1) is 18.2. The number of nitrogens with one attached hydrogen (secondary N) is 1. The van der Waals surface area contributed by atoms with Crippen LogP contribution in [0, 0.1) is 6.92 Å². The molecule has 5 heterocycles. The Balaban J connectivity index is 1.14. The maximum atomic E-state index is 12.3. The molecular weight excluding hydrogens is 484 g/mol. The molecule has 38 heavy (non-hydrogen) atoms. The summed E-state index contributed by atoms with van der Waals surface area (Å²) < 4.78 is 17.4. The first-order valence-electron chi connectivity index (χ1n) is 13.7. The molecule has 10 heteroatoms. The number of ether oxygens (including phenoxy) is 3. The molecule has 0 aliphatic carbocycles. The molecule has 3 fully saturated rings. The van der Waals surface area contributed by atoms with Gasteiger partial charge in [0.1, 0.15) is 35.9 Å². The van der Waals surface area contributed by atoms with Crippen LogP contribution in [0.4, 0.5) is 22.1 Å². The molecular formula is C28H38N6O4. The third kappa shape index (κ3) is 4.99. The molecule has 2 aromatic rings. The topological polar surface area (TPSA) is 92.3 Å². The van der Waals surface area contributed by atoms with E-state index in [9.17, 15) is 4.79 Å². The second kappa shape index (κ2) is 9.89. The van der Waals surface area contributed by atoms with E-state index < -0.39 is 5.60 Å². The van der Waals surface area contributed by atoms with E-state index in [1.807, 2.05) is 25.7 Å². The van der Waals surface area contributed by atoms with Gasteiger partial charge in [-0.25, -0.2) is 14.8 Å². The zero-order valence-corrected chi connectivity index (χ0v) is 22.8. The van der Waals surface area contributed by atoms with Crippen LogP contribution in [-0.2, 0) is 16.1 Å². The molecule has 3 saturated heterocycles. The van der Waals surface area contributed by atoms with Crippen molar-refractivity contribution in [3.8, 4) is 5.75 Å². The Labute approximate surface area is 224 Å². The third-order valence-electron chi connectivity index (χ3n) is 7.87. The molecule has 0 radical (unpaired) electrons. The molecule has 0 spiro atoms. The van der Waals surface area contributed by atoms with Gasteiger partial charge in [0.15, 0.2) is 0 Å². The summed E-state index contributed by atoms with van der Waals surface area (Å²) in [7, 11) is 0. The van der Waals surface area contributed by atoms with Gasteiger partial charge in [-0.15, -0.1) is 0 Å². The molecule has 204 valence electrons. The first kappa shape index (κ1) is 25.2. The van der Waals surface area contributed by atoms with E-state index in [2.05, 4.69) is 44.1 Å². The minimum atomic E-state index is -0.460. The lowest BCUT2D eigenvalue weighted by atomic mass is 9.95. The first-order valence-corrected chi connectivity index (χ1v) is 13.7. The maximum absolute atomic E-state index is 12.3. The van der Waals surface area contributed by atoms with Crippen LogP contribution < -0.4 is 15.0 Å². The summed E-state index contributed by atoms with van der Waals surface area (Å²) in [4.78, 5) is 28.1. The smallest absolute Gasteiger partial charge is 0.410 e. The Morgan fingerprint density at radius 3 is 2.66 bits per heavy atom. The van der Waals surface area contributed by atoms with E-state index in [-0.39, 0.29) is 6.09 Å². The zero-order chi connectivity index (χ0) is 26.4. The van der Waals surface area contributed by atoms with Gasteiger partial charge in [-0.3, -0.25) is 4.90 Å². The molecule has 1 N–H and O–H groups in total. The fourth-order valence-corrected chi connectivity index (χ4v) is 5.84. The lowest BCUT2D eigenvalue weighted by Crippen LogP contribution is -2.61. The Morgan fingerprint density at radius 2 is 1.89 bits per heavy atom. The van der Waals surface area contributed by atoms with Crippen molar-refractivity contribution in [1.29, 1.82) is 0 Å². The molecule has 1 atom stereocenters. The number of likely N-dealkylation sites (tertiary alicyclic amines) is 2. The number of aryl methyl sites for hydroxylation is 1. The van der Waals surface area contributed by atoms with Crippen molar-refractivity contribution in [2.75, 3.05) is 62.7 Å². The van der Waals surface area contributed by atoms with Gasteiger partial charge in [-0.2, -0.15) is 0 Å². The molecule has 0 saturated carbocycles. The SMILES string of the molecule is Cc1cc([C@H]2CCN(C3CN(C(=O)OC(C)(C)C)C3)C2)cc2c1OCc1c(ncnc1N1CCOCC1)N2. The summed E-state index contributed by atoms with van der Waals surface area (Å²) >= 11 is 0. The number of nitrogens with zero attached hydrogens (tertiary/aromatic N) is 5. The van der Waals surface area contributed by atoms with Gasteiger partial charge in [0.25, 0.3) is 0 Å². The fourth-order valence-electron chi connectivity index (χ4n) is 5.84. The van der Waals surface area contributed by atoms with E-state index in [4.69, 9.17) is 14.2 Å². The van der Waals surface area contributed by atoms with Gasteiger partial charge < -0.3 is 29.3 Å². The summed E-state index contributed by atoms with van der Waals surface area (Å²) in [6, 6.07) is 4.90. The van der Waals surface area contributed by atoms with Gasteiger partial charge in [-0.1, -0.05) is 6.07 Å². The van der Waals surface area contributed by atoms with Crippen LogP contribution in [0.25, 0.3) is 0 Å². The number of anilines is 3. The quantitative estimate of drug-likeness (QED) is 0.648. The normalized spacial score (nSPS) is 22.1. The van der Waals surface area contributed by atoms with E-state index in [1.165, 1.54) is 5.56 Å². The van der Waals surface area contributed by atoms with Crippen LogP contribution in [0.5, 0.6) is 5.75 Å². The van der Waals surface area contributed by atoms with Crippen molar-refractivity contribution >= 4 is 23.4 Å². The number of amides is 1. The van der Waals surface area contributed by atoms with Gasteiger partial charge in [0.2, 0.25) is 0 Å². The summed E-state index contributed by atoms with van der Waals surface area (Å²) in [6.45, 7) is 14.8. The van der Waals surface area contributed by atoms with E-state index in [0.29, 0.717) is 31.8 Å². The van der Waals surface area contributed by atoms with Crippen LogP contribution in [0.2, 0.25) is 0 Å². The predicted octanol–water partition coefficient (Wildman–Crippen LogP) is 3.67. The van der Waals surface area contributed by atoms with Gasteiger partial charge in [-0.05, 0) is 63.8 Å². The molecule has 1 amide bonds. The molecule has 4 aliphatic heterocycles. The lowest BCUT2D eigenvalue weighted by Gasteiger charge is -2.44. The van der Waals surface area contributed by atoms with Gasteiger partial charge in [0.05, 0.1) is 24.5 Å². The van der Waals surface area contributed by atoms with Gasteiger partial charge >= 0.3 is 6.09 Å². The molecule has 0 unspecified atom stereocenters. The van der Waals surface area contributed by atoms with Crippen molar-refractivity contribution in [3.05, 3.63) is 35.2 Å². The number of carbonyl (C=O) groups is 1. The van der Waals surface area contributed by atoms with E-state index in [1.54, 1.807) is 6.33 Å². The molecule has 1 aromatic heterocycles. The monoisotopic (exact) mass is 522 g/mol. The second-order valence-corrected chi connectivity index (χ2v) is 11.8. The molecule has 4 aliphatic rings. The minimum absolute atomic E-state index is 0.210.